The van der Waals surface area contributed by atoms with Crippen molar-refractivity contribution in [2.75, 3.05) is 25.1 Å². The van der Waals surface area contributed by atoms with Crippen LogP contribution < -0.4 is 5.32 Å². The van der Waals surface area contributed by atoms with Gasteiger partial charge in [0.15, 0.2) is 0 Å². The van der Waals surface area contributed by atoms with Gasteiger partial charge in [0.1, 0.15) is 0 Å². The zero-order valence-corrected chi connectivity index (χ0v) is 11.3. The monoisotopic (exact) mass is 301 g/mol. The minimum atomic E-state index is 0.178. The molecule has 17 heavy (non-hydrogen) atoms. The van der Waals surface area contributed by atoms with E-state index < -0.39 is 0 Å². The van der Waals surface area contributed by atoms with Gasteiger partial charge in [0.25, 0.3) is 0 Å². The van der Waals surface area contributed by atoms with Crippen LogP contribution in [-0.2, 0) is 9.47 Å². The highest BCUT2D eigenvalue weighted by molar-refractivity contribution is 9.10. The fourth-order valence-corrected chi connectivity index (χ4v) is 1.78. The van der Waals surface area contributed by atoms with Crippen LogP contribution in [0, 0.1) is 0 Å². The topological polar surface area (TPSA) is 56.3 Å². The molecule has 0 radical (unpaired) electrons. The Labute approximate surface area is 109 Å². The molecule has 0 aliphatic carbocycles. The number of hydrogen-bond donors (Lipinski definition) is 1. The average Bonchev–Trinajstić information content (AvgIpc) is 2.83. The third-order valence-corrected chi connectivity index (χ3v) is 2.88. The van der Waals surface area contributed by atoms with Gasteiger partial charge in [-0.05, 0) is 29.3 Å². The van der Waals surface area contributed by atoms with Crippen LogP contribution in [0.1, 0.15) is 13.3 Å². The number of rotatable bonds is 5. The van der Waals surface area contributed by atoms with Crippen molar-refractivity contribution in [3.8, 4) is 0 Å². The lowest BCUT2D eigenvalue weighted by atomic mass is 10.3. The van der Waals surface area contributed by atoms with Crippen LogP contribution in [0.3, 0.4) is 0 Å². The number of ether oxygens (including phenoxy) is 2. The van der Waals surface area contributed by atoms with Crippen molar-refractivity contribution in [2.45, 2.75) is 25.5 Å². The minimum absolute atomic E-state index is 0.178. The normalized spacial score (nSPS) is 21.4. The summed E-state index contributed by atoms with van der Waals surface area (Å²) in [5.41, 5.74) is 0. The zero-order chi connectivity index (χ0) is 12.1. The van der Waals surface area contributed by atoms with Crippen LogP contribution >= 0.6 is 15.9 Å². The summed E-state index contributed by atoms with van der Waals surface area (Å²) >= 11 is 3.30. The van der Waals surface area contributed by atoms with E-state index in [0.29, 0.717) is 19.2 Å². The number of halogens is 1. The predicted octanol–water partition coefficient (Wildman–Crippen LogP) is 1.84. The summed E-state index contributed by atoms with van der Waals surface area (Å²) in [4.78, 5) is 8.30. The van der Waals surface area contributed by atoms with E-state index in [-0.39, 0.29) is 12.1 Å². The molecule has 0 aromatic carbocycles. The van der Waals surface area contributed by atoms with Crippen LogP contribution in [0.5, 0.6) is 0 Å². The van der Waals surface area contributed by atoms with Gasteiger partial charge < -0.3 is 14.8 Å². The molecule has 1 N–H and O–H groups in total. The number of aromatic nitrogens is 2. The van der Waals surface area contributed by atoms with E-state index in [1.807, 2.05) is 6.92 Å². The van der Waals surface area contributed by atoms with Crippen molar-refractivity contribution < 1.29 is 9.47 Å². The van der Waals surface area contributed by atoms with Crippen molar-refractivity contribution >= 4 is 21.9 Å². The van der Waals surface area contributed by atoms with Gasteiger partial charge in [-0.2, -0.15) is 0 Å². The van der Waals surface area contributed by atoms with E-state index >= 15 is 0 Å². The second-order valence-corrected chi connectivity index (χ2v) is 5.00. The second-order valence-electron chi connectivity index (χ2n) is 4.09. The SMILES string of the molecule is CC(COC1CCOC1)Nc1ncc(Br)cn1. The Kier molecular flexibility index (Phi) is 4.70. The first kappa shape index (κ1) is 12.7. The molecular formula is C11H16BrN3O2. The molecule has 0 saturated carbocycles. The number of anilines is 1. The summed E-state index contributed by atoms with van der Waals surface area (Å²) in [6.07, 6.45) is 4.66. The third kappa shape index (κ3) is 4.22. The zero-order valence-electron chi connectivity index (χ0n) is 9.73. The minimum Gasteiger partial charge on any atom is -0.379 e. The third-order valence-electron chi connectivity index (χ3n) is 2.47. The number of nitrogens with one attached hydrogen (secondary N) is 1. The van der Waals surface area contributed by atoms with E-state index in [4.69, 9.17) is 9.47 Å². The molecule has 0 amide bonds. The van der Waals surface area contributed by atoms with Gasteiger partial charge in [-0.1, -0.05) is 0 Å². The molecule has 0 bridgehead atoms. The summed E-state index contributed by atoms with van der Waals surface area (Å²) in [7, 11) is 0. The van der Waals surface area contributed by atoms with Gasteiger partial charge in [0.2, 0.25) is 5.95 Å². The van der Waals surface area contributed by atoms with Gasteiger partial charge in [-0.3, -0.25) is 0 Å². The van der Waals surface area contributed by atoms with Gasteiger partial charge in [-0.25, -0.2) is 9.97 Å². The van der Waals surface area contributed by atoms with Crippen LogP contribution in [0.2, 0.25) is 0 Å². The molecule has 1 fully saturated rings. The maximum absolute atomic E-state index is 5.71. The molecule has 1 aromatic heterocycles. The molecular weight excluding hydrogens is 286 g/mol. The van der Waals surface area contributed by atoms with E-state index in [2.05, 4.69) is 31.2 Å². The lowest BCUT2D eigenvalue weighted by molar-refractivity contribution is 0.0394. The van der Waals surface area contributed by atoms with Gasteiger partial charge in [-0.15, -0.1) is 0 Å². The quantitative estimate of drug-likeness (QED) is 0.899. The summed E-state index contributed by atoms with van der Waals surface area (Å²) in [5.74, 6) is 0.618. The fourth-order valence-electron chi connectivity index (χ4n) is 1.57. The smallest absolute Gasteiger partial charge is 0.222 e. The van der Waals surface area contributed by atoms with Crippen LogP contribution in [0.15, 0.2) is 16.9 Å². The number of nitrogens with zero attached hydrogens (tertiary/aromatic N) is 2. The highest BCUT2D eigenvalue weighted by Crippen LogP contribution is 2.10. The molecule has 1 aromatic rings. The maximum Gasteiger partial charge on any atom is 0.222 e. The highest BCUT2D eigenvalue weighted by atomic mass is 79.9. The second kappa shape index (κ2) is 6.28. The Morgan fingerprint density at radius 1 is 1.59 bits per heavy atom. The van der Waals surface area contributed by atoms with Crippen LogP contribution in [-0.4, -0.2) is 41.9 Å². The average molecular weight is 302 g/mol. The molecule has 1 aliphatic heterocycles. The molecule has 1 aliphatic rings. The van der Waals surface area contributed by atoms with Crippen molar-refractivity contribution in [1.82, 2.24) is 9.97 Å². The van der Waals surface area contributed by atoms with E-state index in [9.17, 15) is 0 Å². The Bertz CT molecular complexity index is 341. The Morgan fingerprint density at radius 2 is 2.35 bits per heavy atom. The maximum atomic E-state index is 5.71. The first-order chi connectivity index (χ1) is 8.24. The molecule has 2 heterocycles. The van der Waals surface area contributed by atoms with Crippen molar-refractivity contribution in [2.24, 2.45) is 0 Å². The molecule has 2 rings (SSSR count). The van der Waals surface area contributed by atoms with Crippen molar-refractivity contribution in [3.05, 3.63) is 16.9 Å². The van der Waals surface area contributed by atoms with Crippen molar-refractivity contribution in [1.29, 1.82) is 0 Å². The summed E-state index contributed by atoms with van der Waals surface area (Å²) in [6.45, 7) is 4.19. The van der Waals surface area contributed by atoms with E-state index in [1.165, 1.54) is 0 Å². The Balaban J connectivity index is 1.72. The molecule has 0 spiro atoms. The van der Waals surface area contributed by atoms with E-state index in [1.54, 1.807) is 12.4 Å². The Hall–Kier alpha value is -0.720. The first-order valence-electron chi connectivity index (χ1n) is 5.67. The first-order valence-corrected chi connectivity index (χ1v) is 6.47. The summed E-state index contributed by atoms with van der Waals surface area (Å²) in [6, 6.07) is 0.178. The largest absolute Gasteiger partial charge is 0.379 e. The lowest BCUT2D eigenvalue weighted by Gasteiger charge is -2.16. The molecule has 6 heteroatoms. The molecule has 2 atom stereocenters. The van der Waals surface area contributed by atoms with E-state index in [0.717, 1.165) is 17.5 Å². The predicted molar refractivity (Wildman–Crippen MR) is 68.0 cm³/mol. The molecule has 94 valence electrons. The lowest BCUT2D eigenvalue weighted by Crippen LogP contribution is -2.26. The summed E-state index contributed by atoms with van der Waals surface area (Å²) < 4.78 is 11.8. The van der Waals surface area contributed by atoms with Crippen LogP contribution in [0.4, 0.5) is 5.95 Å². The summed E-state index contributed by atoms with van der Waals surface area (Å²) in [5, 5.41) is 3.18. The fraction of sp³-hybridized carbons (Fsp3) is 0.636. The Morgan fingerprint density at radius 3 is 3.00 bits per heavy atom. The van der Waals surface area contributed by atoms with Crippen LogP contribution in [0.25, 0.3) is 0 Å². The molecule has 2 unspecified atom stereocenters. The van der Waals surface area contributed by atoms with Gasteiger partial charge in [0.05, 0.1) is 23.8 Å². The van der Waals surface area contributed by atoms with Gasteiger partial charge in [0, 0.05) is 25.0 Å². The molecule has 5 nitrogen and oxygen atoms in total. The molecule has 1 saturated heterocycles. The van der Waals surface area contributed by atoms with Crippen molar-refractivity contribution in [3.63, 3.8) is 0 Å². The van der Waals surface area contributed by atoms with Gasteiger partial charge >= 0.3 is 0 Å². The number of hydrogen-bond acceptors (Lipinski definition) is 5. The highest BCUT2D eigenvalue weighted by Gasteiger charge is 2.17. The standard InChI is InChI=1S/C11H16BrN3O2/c1-8(6-17-10-2-3-16-7-10)15-11-13-4-9(12)5-14-11/h4-5,8,10H,2-3,6-7H2,1H3,(H,13,14,15).